The summed E-state index contributed by atoms with van der Waals surface area (Å²) in [5.74, 6) is -1.34. The van der Waals surface area contributed by atoms with E-state index in [0.29, 0.717) is 24.2 Å². The van der Waals surface area contributed by atoms with E-state index in [4.69, 9.17) is 5.73 Å². The number of hydrogen-bond donors (Lipinski definition) is 3. The van der Waals surface area contributed by atoms with Gasteiger partial charge in [-0.25, -0.2) is 0 Å². The highest BCUT2D eigenvalue weighted by atomic mass is 16.4. The van der Waals surface area contributed by atoms with E-state index in [9.17, 15) is 14.7 Å². The molecular weight excluding hydrogens is 268 g/mol. The Hall–Kier alpha value is -2.04. The first-order chi connectivity index (χ1) is 9.99. The maximum absolute atomic E-state index is 12.2. The number of carbonyl (C=O) groups is 2. The predicted molar refractivity (Wildman–Crippen MR) is 81.0 cm³/mol. The Morgan fingerprint density at radius 2 is 2.05 bits per heavy atom. The second kappa shape index (κ2) is 6.61. The van der Waals surface area contributed by atoms with Crippen LogP contribution in [0.1, 0.15) is 41.6 Å². The molecule has 1 fully saturated rings. The van der Waals surface area contributed by atoms with Gasteiger partial charge in [0.05, 0.1) is 11.5 Å². The fourth-order valence-corrected chi connectivity index (χ4v) is 2.96. The van der Waals surface area contributed by atoms with E-state index in [-0.39, 0.29) is 17.7 Å². The van der Waals surface area contributed by atoms with Crippen molar-refractivity contribution >= 4 is 17.6 Å². The molecule has 0 saturated heterocycles. The summed E-state index contributed by atoms with van der Waals surface area (Å²) in [6.45, 7) is 2.29. The predicted octanol–water partition coefficient (Wildman–Crippen LogP) is 2.20. The summed E-state index contributed by atoms with van der Waals surface area (Å²) < 4.78 is 0. The molecule has 0 bridgehead atoms. The van der Waals surface area contributed by atoms with Crippen molar-refractivity contribution in [2.75, 3.05) is 12.3 Å². The van der Waals surface area contributed by atoms with Gasteiger partial charge in [0.15, 0.2) is 0 Å². The molecular formula is C16H22N2O3. The van der Waals surface area contributed by atoms with Crippen LogP contribution in [-0.2, 0) is 4.79 Å². The van der Waals surface area contributed by atoms with Crippen LogP contribution in [0.5, 0.6) is 0 Å². The minimum absolute atomic E-state index is 0.00577. The van der Waals surface area contributed by atoms with Crippen molar-refractivity contribution in [3.05, 3.63) is 29.3 Å². The van der Waals surface area contributed by atoms with E-state index in [2.05, 4.69) is 5.32 Å². The smallest absolute Gasteiger partial charge is 0.306 e. The molecule has 2 rings (SSSR count). The number of hydrogen-bond acceptors (Lipinski definition) is 3. The minimum Gasteiger partial charge on any atom is -0.481 e. The van der Waals surface area contributed by atoms with E-state index in [0.717, 1.165) is 24.8 Å². The second-order valence-electron chi connectivity index (χ2n) is 5.79. The lowest BCUT2D eigenvalue weighted by atomic mass is 9.79. The first-order valence-corrected chi connectivity index (χ1v) is 7.36. The number of benzene rings is 1. The summed E-state index contributed by atoms with van der Waals surface area (Å²) in [4.78, 5) is 23.4. The molecule has 2 unspecified atom stereocenters. The van der Waals surface area contributed by atoms with Gasteiger partial charge in [0.25, 0.3) is 5.91 Å². The van der Waals surface area contributed by atoms with Crippen LogP contribution in [0.3, 0.4) is 0 Å². The first kappa shape index (κ1) is 15.4. The number of aryl methyl sites for hydroxylation is 1. The van der Waals surface area contributed by atoms with Crippen LogP contribution >= 0.6 is 0 Å². The standard InChI is InChI=1S/C16H22N2O3/c1-10-6-7-14(17)13(8-10)15(19)18-9-11-4-2-3-5-12(11)16(20)21/h6-8,11-12H,2-5,9,17H2,1H3,(H,18,19)(H,20,21). The average Bonchev–Trinajstić information content (AvgIpc) is 2.47. The summed E-state index contributed by atoms with van der Waals surface area (Å²) in [5, 5.41) is 12.1. The van der Waals surface area contributed by atoms with Crippen LogP contribution in [0.4, 0.5) is 5.69 Å². The van der Waals surface area contributed by atoms with Crippen molar-refractivity contribution < 1.29 is 14.7 Å². The molecule has 1 aromatic carbocycles. The van der Waals surface area contributed by atoms with Crippen LogP contribution in [0.15, 0.2) is 18.2 Å². The fourth-order valence-electron chi connectivity index (χ4n) is 2.96. The Kier molecular flexibility index (Phi) is 4.83. The number of anilines is 1. The van der Waals surface area contributed by atoms with Crippen LogP contribution in [0.2, 0.25) is 0 Å². The zero-order chi connectivity index (χ0) is 15.4. The molecule has 1 aliphatic rings. The molecule has 0 radical (unpaired) electrons. The van der Waals surface area contributed by atoms with E-state index in [1.807, 2.05) is 13.0 Å². The Morgan fingerprint density at radius 1 is 1.33 bits per heavy atom. The topological polar surface area (TPSA) is 92.4 Å². The number of carboxylic acid groups (broad SMARTS) is 1. The summed E-state index contributed by atoms with van der Waals surface area (Å²) >= 11 is 0. The minimum atomic E-state index is -0.760. The number of carbonyl (C=O) groups excluding carboxylic acids is 1. The van der Waals surface area contributed by atoms with Gasteiger partial charge in [-0.2, -0.15) is 0 Å². The number of carboxylic acids is 1. The molecule has 1 aliphatic carbocycles. The quantitative estimate of drug-likeness (QED) is 0.741. The van der Waals surface area contributed by atoms with Crippen molar-refractivity contribution in [2.45, 2.75) is 32.6 Å². The monoisotopic (exact) mass is 290 g/mol. The Labute approximate surface area is 124 Å². The van der Waals surface area contributed by atoms with Crippen molar-refractivity contribution in [1.29, 1.82) is 0 Å². The number of rotatable bonds is 4. The number of aliphatic carboxylic acids is 1. The number of nitrogens with two attached hydrogens (primary N) is 1. The zero-order valence-electron chi connectivity index (χ0n) is 12.3. The normalized spacial score (nSPS) is 21.8. The molecule has 0 aliphatic heterocycles. The highest BCUT2D eigenvalue weighted by Crippen LogP contribution is 2.29. The van der Waals surface area contributed by atoms with Gasteiger partial charge in [0.1, 0.15) is 0 Å². The molecule has 0 heterocycles. The lowest BCUT2D eigenvalue weighted by molar-refractivity contribution is -0.144. The summed E-state index contributed by atoms with van der Waals surface area (Å²) in [5.41, 5.74) is 7.69. The van der Waals surface area contributed by atoms with Gasteiger partial charge < -0.3 is 16.2 Å². The van der Waals surface area contributed by atoms with Gasteiger partial charge >= 0.3 is 5.97 Å². The number of nitrogens with one attached hydrogen (secondary N) is 1. The lowest BCUT2D eigenvalue weighted by Crippen LogP contribution is -2.37. The number of amides is 1. The van der Waals surface area contributed by atoms with Gasteiger partial charge in [-0.15, -0.1) is 0 Å². The fraction of sp³-hybridized carbons (Fsp3) is 0.500. The Balaban J connectivity index is 1.99. The summed E-state index contributed by atoms with van der Waals surface area (Å²) in [7, 11) is 0. The van der Waals surface area contributed by atoms with Crippen molar-refractivity contribution in [2.24, 2.45) is 11.8 Å². The molecule has 21 heavy (non-hydrogen) atoms. The van der Waals surface area contributed by atoms with Crippen molar-refractivity contribution in [1.82, 2.24) is 5.32 Å². The van der Waals surface area contributed by atoms with E-state index >= 15 is 0 Å². The summed E-state index contributed by atoms with van der Waals surface area (Å²) in [6.07, 6.45) is 3.52. The molecule has 2 atom stereocenters. The largest absolute Gasteiger partial charge is 0.481 e. The highest BCUT2D eigenvalue weighted by molar-refractivity contribution is 5.99. The molecule has 5 heteroatoms. The lowest BCUT2D eigenvalue weighted by Gasteiger charge is -2.28. The molecule has 0 aromatic heterocycles. The van der Waals surface area contributed by atoms with Gasteiger partial charge in [-0.3, -0.25) is 9.59 Å². The molecule has 114 valence electrons. The molecule has 4 N–H and O–H groups in total. The third kappa shape index (κ3) is 3.74. The van der Waals surface area contributed by atoms with Gasteiger partial charge in [-0.05, 0) is 37.8 Å². The van der Waals surface area contributed by atoms with E-state index in [1.54, 1.807) is 12.1 Å². The maximum Gasteiger partial charge on any atom is 0.306 e. The van der Waals surface area contributed by atoms with Gasteiger partial charge in [0, 0.05) is 12.2 Å². The van der Waals surface area contributed by atoms with Crippen LogP contribution in [0, 0.1) is 18.8 Å². The van der Waals surface area contributed by atoms with Gasteiger partial charge in [0.2, 0.25) is 0 Å². The molecule has 1 saturated carbocycles. The zero-order valence-corrected chi connectivity index (χ0v) is 12.3. The van der Waals surface area contributed by atoms with E-state index in [1.165, 1.54) is 0 Å². The molecule has 0 spiro atoms. The maximum atomic E-state index is 12.2. The van der Waals surface area contributed by atoms with Crippen molar-refractivity contribution in [3.8, 4) is 0 Å². The Bertz CT molecular complexity index is 542. The Morgan fingerprint density at radius 3 is 2.76 bits per heavy atom. The molecule has 5 nitrogen and oxygen atoms in total. The number of nitrogen functional groups attached to an aromatic ring is 1. The third-order valence-corrected chi connectivity index (χ3v) is 4.20. The third-order valence-electron chi connectivity index (χ3n) is 4.20. The molecule has 1 aromatic rings. The average molecular weight is 290 g/mol. The van der Waals surface area contributed by atoms with Crippen LogP contribution < -0.4 is 11.1 Å². The summed E-state index contributed by atoms with van der Waals surface area (Å²) in [6, 6.07) is 5.32. The van der Waals surface area contributed by atoms with Gasteiger partial charge in [-0.1, -0.05) is 24.5 Å². The van der Waals surface area contributed by atoms with Crippen molar-refractivity contribution in [3.63, 3.8) is 0 Å². The first-order valence-electron chi connectivity index (χ1n) is 7.36. The SMILES string of the molecule is Cc1ccc(N)c(C(=O)NCC2CCCCC2C(=O)O)c1. The second-order valence-corrected chi connectivity index (χ2v) is 5.79. The highest BCUT2D eigenvalue weighted by Gasteiger charge is 2.30. The van der Waals surface area contributed by atoms with Crippen LogP contribution in [0.25, 0.3) is 0 Å². The molecule has 1 amide bonds. The van der Waals surface area contributed by atoms with Crippen LogP contribution in [-0.4, -0.2) is 23.5 Å². The van der Waals surface area contributed by atoms with E-state index < -0.39 is 5.97 Å².